The van der Waals surface area contributed by atoms with Crippen molar-refractivity contribution in [2.24, 2.45) is 0 Å². The minimum absolute atomic E-state index is 0.00687. The molecule has 4 aromatic carbocycles. The zero-order valence-corrected chi connectivity index (χ0v) is 51.1. The van der Waals surface area contributed by atoms with Gasteiger partial charge in [0, 0.05) is 112 Å². The maximum atomic E-state index is 13.5. The van der Waals surface area contributed by atoms with Crippen LogP contribution in [-0.2, 0) is 50.0 Å². The molecule has 10 rings (SSSR count). The second kappa shape index (κ2) is 29.9. The molecular weight excluding hydrogens is 1110 g/mol. The van der Waals surface area contributed by atoms with Crippen LogP contribution in [0.5, 0.6) is 34.5 Å². The highest BCUT2D eigenvalue weighted by atomic mass is 16.6. The van der Waals surface area contributed by atoms with Crippen LogP contribution in [0.1, 0.15) is 82.6 Å². The number of piperidine rings is 2. The monoisotopic (exact) mass is 1190 g/mol. The van der Waals surface area contributed by atoms with Gasteiger partial charge in [-0.1, -0.05) is 12.1 Å². The molecule has 0 saturated carbocycles. The number of likely N-dealkylation sites (tertiary alicyclic amines) is 2. The van der Waals surface area contributed by atoms with Crippen molar-refractivity contribution >= 4 is 52.0 Å². The lowest BCUT2D eigenvalue weighted by Crippen LogP contribution is -2.49. The van der Waals surface area contributed by atoms with Crippen LogP contribution in [0.3, 0.4) is 0 Å². The number of carbonyl (C=O) groups is 3. The maximum Gasteiger partial charge on any atom is 0.410 e. The molecule has 2 saturated heterocycles. The van der Waals surface area contributed by atoms with Gasteiger partial charge in [0.25, 0.3) is 11.1 Å². The highest BCUT2D eigenvalue weighted by molar-refractivity contribution is 5.95. The van der Waals surface area contributed by atoms with Crippen LogP contribution in [0.4, 0.5) is 4.79 Å². The Labute approximate surface area is 508 Å². The quantitative estimate of drug-likeness (QED) is 0.0431. The van der Waals surface area contributed by atoms with Gasteiger partial charge in [0.15, 0.2) is 23.0 Å². The van der Waals surface area contributed by atoms with Gasteiger partial charge in [-0.15, -0.1) is 0 Å². The first-order valence-electron chi connectivity index (χ1n) is 30.2. The Hall–Kier alpha value is -8.33. The van der Waals surface area contributed by atoms with Crippen molar-refractivity contribution in [2.45, 2.75) is 104 Å². The fourth-order valence-corrected chi connectivity index (χ4v) is 11.3. The maximum absolute atomic E-state index is 13.5. The van der Waals surface area contributed by atoms with Crippen LogP contribution < -0.4 is 44.9 Å². The number of benzene rings is 4. The van der Waals surface area contributed by atoms with Gasteiger partial charge in [-0.05, 0) is 156 Å². The largest absolute Gasteiger partial charge is 0.497 e. The van der Waals surface area contributed by atoms with E-state index in [9.17, 15) is 24.0 Å². The highest BCUT2D eigenvalue weighted by Crippen LogP contribution is 2.34. The number of fused-ring (bicyclic) bond motifs is 4. The Bertz CT molecular complexity index is 3550. The number of rotatable bonds is 20. The van der Waals surface area contributed by atoms with Crippen molar-refractivity contribution < 1.29 is 57.0 Å². The molecule has 0 bridgehead atoms. The van der Waals surface area contributed by atoms with Crippen LogP contribution in [0.15, 0.2) is 107 Å². The SMILES string of the molecule is CCOC(=O)/C=C\c1cc(=O)n(CCN2CCC(N(Cc3ccc4c(c3)OCCO4)C(=O)OC(C)(C)C)CC2)c2cc(OC)ccc12.CCOC(=O)/C=C\c1cc(=O)n(CCN2CCC(NCc3ccc4c(c3)OCCO4)CC2)c2cc(OC)ccc12. The molecule has 4 aliphatic rings. The predicted octanol–water partition coefficient (Wildman–Crippen LogP) is 8.87. The molecule has 0 spiro atoms. The Morgan fingerprint density at radius 2 is 1.05 bits per heavy atom. The highest BCUT2D eigenvalue weighted by Gasteiger charge is 2.32. The van der Waals surface area contributed by atoms with Crippen LogP contribution >= 0.6 is 0 Å². The summed E-state index contributed by atoms with van der Waals surface area (Å²) >= 11 is 0. The van der Waals surface area contributed by atoms with Crippen molar-refractivity contribution in [1.29, 1.82) is 0 Å². The van der Waals surface area contributed by atoms with E-state index in [0.717, 1.165) is 104 Å². The first kappa shape index (κ1) is 63.2. The van der Waals surface area contributed by atoms with Crippen LogP contribution in [0.25, 0.3) is 34.0 Å². The average Bonchev–Trinajstić information content (AvgIpc) is 2.14. The first-order valence-corrected chi connectivity index (χ1v) is 30.2. The summed E-state index contributed by atoms with van der Waals surface area (Å²) in [6.07, 6.45) is 9.25. The molecule has 0 unspecified atom stereocenters. The van der Waals surface area contributed by atoms with E-state index in [1.165, 1.54) is 17.7 Å². The molecular formula is C67H82N6O14. The van der Waals surface area contributed by atoms with Gasteiger partial charge in [-0.3, -0.25) is 9.59 Å². The Balaban J connectivity index is 0.000000210. The smallest absolute Gasteiger partial charge is 0.410 e. The second-order valence-electron chi connectivity index (χ2n) is 22.7. The Kier molecular flexibility index (Phi) is 21.7. The third-order valence-corrected chi connectivity index (χ3v) is 15.7. The summed E-state index contributed by atoms with van der Waals surface area (Å²) < 4.78 is 53.0. The van der Waals surface area contributed by atoms with E-state index in [1.54, 1.807) is 61.5 Å². The van der Waals surface area contributed by atoms with E-state index in [4.69, 9.17) is 42.6 Å². The number of pyridine rings is 2. The van der Waals surface area contributed by atoms with Gasteiger partial charge < -0.3 is 71.8 Å². The van der Waals surface area contributed by atoms with Gasteiger partial charge in [0.05, 0.1) is 38.5 Å². The molecule has 87 heavy (non-hydrogen) atoms. The number of methoxy groups -OCH3 is 2. The molecule has 0 atom stereocenters. The van der Waals surface area contributed by atoms with Crippen LogP contribution in [-0.4, -0.2) is 153 Å². The van der Waals surface area contributed by atoms with Gasteiger partial charge in [0.2, 0.25) is 0 Å². The van der Waals surface area contributed by atoms with E-state index in [1.807, 2.05) is 86.3 Å². The van der Waals surface area contributed by atoms with Crippen molar-refractivity contribution in [3.8, 4) is 34.5 Å². The molecule has 2 aromatic heterocycles. The number of hydrogen-bond donors (Lipinski definition) is 1. The lowest BCUT2D eigenvalue weighted by atomic mass is 10.0. The summed E-state index contributed by atoms with van der Waals surface area (Å²) in [5, 5.41) is 5.40. The van der Waals surface area contributed by atoms with E-state index >= 15 is 0 Å². The van der Waals surface area contributed by atoms with Crippen LogP contribution in [0, 0.1) is 0 Å². The molecule has 464 valence electrons. The summed E-state index contributed by atoms with van der Waals surface area (Å²) in [5.41, 5.74) is 4.07. The molecule has 1 amide bonds. The number of carbonyl (C=O) groups excluding carboxylic acids is 3. The van der Waals surface area contributed by atoms with E-state index in [2.05, 4.69) is 27.2 Å². The van der Waals surface area contributed by atoms with Crippen molar-refractivity contribution in [1.82, 2.24) is 29.2 Å². The zero-order valence-electron chi connectivity index (χ0n) is 51.1. The third-order valence-electron chi connectivity index (χ3n) is 15.7. The predicted molar refractivity (Wildman–Crippen MR) is 333 cm³/mol. The van der Waals surface area contributed by atoms with E-state index < -0.39 is 17.5 Å². The molecule has 20 heteroatoms. The van der Waals surface area contributed by atoms with Crippen molar-refractivity contribution in [2.75, 3.05) is 93.1 Å². The molecule has 6 aromatic rings. The summed E-state index contributed by atoms with van der Waals surface area (Å²) in [7, 11) is 3.20. The van der Waals surface area contributed by atoms with Gasteiger partial charge in [0.1, 0.15) is 43.5 Å². The van der Waals surface area contributed by atoms with Gasteiger partial charge in [-0.2, -0.15) is 0 Å². The second-order valence-corrected chi connectivity index (χ2v) is 22.7. The minimum Gasteiger partial charge on any atom is -0.497 e. The number of nitrogens with zero attached hydrogens (tertiary/aromatic N) is 5. The van der Waals surface area contributed by atoms with E-state index in [0.29, 0.717) is 99.4 Å². The number of ether oxygens (including phenoxy) is 9. The fraction of sp³-hybridized carbons (Fsp3) is 0.448. The first-order chi connectivity index (χ1) is 42.1. The van der Waals surface area contributed by atoms with Crippen molar-refractivity contribution in [3.63, 3.8) is 0 Å². The van der Waals surface area contributed by atoms with E-state index in [-0.39, 0.29) is 29.9 Å². The molecule has 4 aliphatic heterocycles. The lowest BCUT2D eigenvalue weighted by Gasteiger charge is -2.39. The molecule has 1 N–H and O–H groups in total. The standard InChI is InChI=1S/C36H45N3O8.C31H37N3O6/c1-6-44-34(41)12-8-26-22-33(40)38(30-23-28(43-5)9-10-29(26)30)18-17-37-15-13-27(14-16-37)39(35(42)47-36(2,3)4)24-25-7-11-31-32(21-25)46-20-19-45-31;1-3-38-31(36)9-5-23-19-30(35)34(27-20-25(37-2)6-7-26(23)27)15-14-33-12-10-24(11-13-33)32-21-22-4-8-28-29(18-22)40-17-16-39-28/h7-12,21-23,27H,6,13-20,24H2,1-5H3;4-9,18-20,24,32H,3,10-17,21H2,1-2H3/b12-8-;9-5-. The topological polar surface area (TPSA) is 200 Å². The minimum atomic E-state index is -0.619. The summed E-state index contributed by atoms with van der Waals surface area (Å²) in [6.45, 7) is 19.1. The number of esters is 2. The normalized spacial score (nSPS) is 15.7. The number of nitrogens with one attached hydrogen (secondary N) is 1. The van der Waals surface area contributed by atoms with Gasteiger partial charge >= 0.3 is 18.0 Å². The summed E-state index contributed by atoms with van der Waals surface area (Å²) in [4.78, 5) is 70.3. The number of amides is 1. The van der Waals surface area contributed by atoms with Crippen LogP contribution in [0.2, 0.25) is 0 Å². The summed E-state index contributed by atoms with van der Waals surface area (Å²) in [5.74, 6) is 3.47. The Morgan fingerprint density at radius 3 is 1.52 bits per heavy atom. The lowest BCUT2D eigenvalue weighted by molar-refractivity contribution is -0.138. The van der Waals surface area contributed by atoms with Gasteiger partial charge in [-0.25, -0.2) is 14.4 Å². The average molecular weight is 1200 g/mol. The molecule has 20 nitrogen and oxygen atoms in total. The molecule has 0 aliphatic carbocycles. The molecule has 0 radical (unpaired) electrons. The molecule has 2 fully saturated rings. The van der Waals surface area contributed by atoms with Crippen molar-refractivity contribution in [3.05, 3.63) is 140 Å². The zero-order chi connectivity index (χ0) is 61.5. The fourth-order valence-electron chi connectivity index (χ4n) is 11.3. The third kappa shape index (κ3) is 17.0. The molecule has 6 heterocycles. The number of aromatic nitrogens is 2. The summed E-state index contributed by atoms with van der Waals surface area (Å²) in [6, 6.07) is 26.8. The number of hydrogen-bond acceptors (Lipinski definition) is 17. The Morgan fingerprint density at radius 1 is 0.586 bits per heavy atom.